The first-order valence-corrected chi connectivity index (χ1v) is 7.39. The second kappa shape index (κ2) is 6.12. The van der Waals surface area contributed by atoms with E-state index >= 15 is 0 Å². The van der Waals surface area contributed by atoms with Crippen LogP contribution in [0.25, 0.3) is 0 Å². The highest BCUT2D eigenvalue weighted by atomic mass is 16.6. The Balaban J connectivity index is 1.72. The molecule has 2 atom stereocenters. The zero-order valence-electron chi connectivity index (χ0n) is 12.9. The van der Waals surface area contributed by atoms with Gasteiger partial charge in [-0.2, -0.15) is 0 Å². The summed E-state index contributed by atoms with van der Waals surface area (Å²) in [5.41, 5.74) is 1.21. The van der Waals surface area contributed by atoms with Crippen LogP contribution in [-0.4, -0.2) is 23.9 Å². The van der Waals surface area contributed by atoms with Gasteiger partial charge in [0.1, 0.15) is 6.10 Å². The Morgan fingerprint density at radius 3 is 2.17 bits per heavy atom. The first kappa shape index (κ1) is 15.1. The third-order valence-corrected chi connectivity index (χ3v) is 3.66. The number of hydrogen-bond acceptors (Lipinski definition) is 4. The summed E-state index contributed by atoms with van der Waals surface area (Å²) in [7, 11) is 0. The van der Waals surface area contributed by atoms with Crippen molar-refractivity contribution in [3.05, 3.63) is 54.1 Å². The van der Waals surface area contributed by atoms with Crippen LogP contribution in [0.1, 0.15) is 24.2 Å². The minimum Gasteiger partial charge on any atom is -0.482 e. The van der Waals surface area contributed by atoms with Crippen LogP contribution < -0.4 is 14.8 Å². The Morgan fingerprint density at radius 2 is 1.57 bits per heavy atom. The summed E-state index contributed by atoms with van der Waals surface area (Å²) in [6.45, 7) is 3.29. The number of hydrogen-bond donors (Lipinski definition) is 1. The molecule has 0 bridgehead atoms. The average molecular weight is 311 g/mol. The molecule has 2 aromatic carbocycles. The van der Waals surface area contributed by atoms with Gasteiger partial charge < -0.3 is 14.8 Å². The first-order chi connectivity index (χ1) is 11.0. The third kappa shape index (κ3) is 3.18. The van der Waals surface area contributed by atoms with E-state index in [9.17, 15) is 9.59 Å². The monoisotopic (exact) mass is 311 g/mol. The lowest BCUT2D eigenvalue weighted by atomic mass is 10.1. The number of Topliss-reactive ketones (excluding diaryl/α,β-unsaturated/α-hetero) is 1. The lowest BCUT2D eigenvalue weighted by molar-refractivity contribution is -0.128. The Morgan fingerprint density at radius 1 is 0.957 bits per heavy atom. The van der Waals surface area contributed by atoms with Crippen LogP contribution >= 0.6 is 0 Å². The van der Waals surface area contributed by atoms with E-state index in [1.165, 1.54) is 6.92 Å². The Labute approximate surface area is 134 Å². The molecule has 1 amide bonds. The molecule has 2 aromatic rings. The maximum absolute atomic E-state index is 12.4. The fraction of sp³-hybridized carbons (Fsp3) is 0.222. The number of anilines is 1. The molecule has 1 N–H and O–H groups in total. The summed E-state index contributed by atoms with van der Waals surface area (Å²) >= 11 is 0. The van der Waals surface area contributed by atoms with Crippen LogP contribution in [0.3, 0.4) is 0 Å². The largest absolute Gasteiger partial charge is 0.482 e. The number of carbonyl (C=O) groups is 2. The minimum absolute atomic E-state index is 0.0166. The summed E-state index contributed by atoms with van der Waals surface area (Å²) in [5, 5.41) is 2.78. The summed E-state index contributed by atoms with van der Waals surface area (Å²) in [4.78, 5) is 23.7. The molecule has 0 unspecified atom stereocenters. The smallest absolute Gasteiger partial charge is 0.269 e. The van der Waals surface area contributed by atoms with Crippen molar-refractivity contribution in [3.8, 4) is 11.5 Å². The van der Waals surface area contributed by atoms with Crippen molar-refractivity contribution in [2.45, 2.75) is 26.1 Å². The first-order valence-electron chi connectivity index (χ1n) is 7.39. The molecule has 118 valence electrons. The highest BCUT2D eigenvalue weighted by Gasteiger charge is 2.34. The molecule has 5 heteroatoms. The summed E-state index contributed by atoms with van der Waals surface area (Å²) in [6, 6.07) is 14.0. The predicted molar refractivity (Wildman–Crippen MR) is 86.0 cm³/mol. The molecule has 1 heterocycles. The molecule has 23 heavy (non-hydrogen) atoms. The Kier molecular flexibility index (Phi) is 4.02. The molecule has 0 fully saturated rings. The number of carbonyl (C=O) groups excluding carboxylic acids is 2. The molecule has 1 aliphatic rings. The molecule has 0 spiro atoms. The highest BCUT2D eigenvalue weighted by molar-refractivity contribution is 5.97. The number of amides is 1. The number of nitrogens with one attached hydrogen (secondary N) is 1. The van der Waals surface area contributed by atoms with E-state index in [-0.39, 0.29) is 11.7 Å². The van der Waals surface area contributed by atoms with Gasteiger partial charge in [-0.05, 0) is 50.2 Å². The summed E-state index contributed by atoms with van der Waals surface area (Å²) in [6.07, 6.45) is -1.14. The lowest BCUT2D eigenvalue weighted by Crippen LogP contribution is -2.46. The van der Waals surface area contributed by atoms with Gasteiger partial charge in [-0.1, -0.05) is 12.1 Å². The fourth-order valence-electron chi connectivity index (χ4n) is 2.41. The van der Waals surface area contributed by atoms with Gasteiger partial charge in [-0.3, -0.25) is 9.59 Å². The summed E-state index contributed by atoms with van der Waals surface area (Å²) in [5.74, 6) is 0.882. The molecular formula is C18H17NO4. The van der Waals surface area contributed by atoms with E-state index in [2.05, 4.69) is 5.32 Å². The van der Waals surface area contributed by atoms with E-state index in [0.29, 0.717) is 22.7 Å². The number of ketones is 1. The van der Waals surface area contributed by atoms with E-state index in [0.717, 1.165) is 0 Å². The van der Waals surface area contributed by atoms with Crippen LogP contribution in [0.15, 0.2) is 48.5 Å². The van der Waals surface area contributed by atoms with Gasteiger partial charge in [0.15, 0.2) is 17.3 Å². The van der Waals surface area contributed by atoms with Gasteiger partial charge in [0.05, 0.1) is 0 Å². The SMILES string of the molecule is CC(=O)c1ccc(NC(=O)[C@@H]2Oc3ccccc3O[C@@H]2C)cc1. The van der Waals surface area contributed by atoms with Crippen LogP contribution in [0, 0.1) is 0 Å². The molecule has 5 nitrogen and oxygen atoms in total. The zero-order valence-corrected chi connectivity index (χ0v) is 12.9. The van der Waals surface area contributed by atoms with Crippen molar-refractivity contribution in [1.82, 2.24) is 0 Å². The second-order valence-corrected chi connectivity index (χ2v) is 5.43. The molecule has 0 saturated carbocycles. The van der Waals surface area contributed by atoms with Crippen molar-refractivity contribution in [2.75, 3.05) is 5.32 Å². The number of benzene rings is 2. The van der Waals surface area contributed by atoms with Gasteiger partial charge in [0.2, 0.25) is 6.10 Å². The normalized spacial score (nSPS) is 19.0. The topological polar surface area (TPSA) is 64.6 Å². The average Bonchev–Trinajstić information content (AvgIpc) is 2.54. The van der Waals surface area contributed by atoms with E-state index < -0.39 is 12.2 Å². The van der Waals surface area contributed by atoms with Crippen LogP contribution in [0.2, 0.25) is 0 Å². The van der Waals surface area contributed by atoms with Crippen molar-refractivity contribution >= 4 is 17.4 Å². The molecule has 0 saturated heterocycles. The summed E-state index contributed by atoms with van der Waals surface area (Å²) < 4.78 is 11.5. The van der Waals surface area contributed by atoms with Gasteiger partial charge >= 0.3 is 0 Å². The maximum atomic E-state index is 12.4. The standard InChI is InChI=1S/C18H17NO4/c1-11(20)13-7-9-14(10-8-13)19-18(21)17-12(2)22-15-5-3-4-6-16(15)23-17/h3-10,12,17H,1-2H3,(H,19,21)/t12-,17-/m1/s1. The number of rotatable bonds is 3. The van der Waals surface area contributed by atoms with Gasteiger partial charge in [-0.15, -0.1) is 0 Å². The van der Waals surface area contributed by atoms with Crippen LogP contribution in [0.5, 0.6) is 11.5 Å². The van der Waals surface area contributed by atoms with Crippen molar-refractivity contribution in [2.24, 2.45) is 0 Å². The molecule has 0 radical (unpaired) electrons. The predicted octanol–water partition coefficient (Wildman–Crippen LogP) is 3.06. The van der Waals surface area contributed by atoms with Crippen molar-refractivity contribution in [1.29, 1.82) is 0 Å². The van der Waals surface area contributed by atoms with E-state index in [4.69, 9.17) is 9.47 Å². The quantitative estimate of drug-likeness (QED) is 0.885. The Hall–Kier alpha value is -2.82. The van der Waals surface area contributed by atoms with Gasteiger partial charge in [-0.25, -0.2) is 0 Å². The molecule has 0 aromatic heterocycles. The third-order valence-electron chi connectivity index (χ3n) is 3.66. The van der Waals surface area contributed by atoms with Gasteiger partial charge in [0.25, 0.3) is 5.91 Å². The maximum Gasteiger partial charge on any atom is 0.269 e. The number of ether oxygens (including phenoxy) is 2. The zero-order chi connectivity index (χ0) is 16.4. The number of para-hydroxylation sites is 2. The number of fused-ring (bicyclic) bond motifs is 1. The minimum atomic E-state index is -0.739. The van der Waals surface area contributed by atoms with E-state index in [1.807, 2.05) is 12.1 Å². The van der Waals surface area contributed by atoms with Crippen LogP contribution in [-0.2, 0) is 4.79 Å². The second-order valence-electron chi connectivity index (χ2n) is 5.43. The van der Waals surface area contributed by atoms with Crippen molar-refractivity contribution < 1.29 is 19.1 Å². The molecule has 0 aliphatic carbocycles. The van der Waals surface area contributed by atoms with Crippen molar-refractivity contribution in [3.63, 3.8) is 0 Å². The molecule has 3 rings (SSSR count). The fourth-order valence-corrected chi connectivity index (χ4v) is 2.41. The van der Waals surface area contributed by atoms with Crippen LogP contribution in [0.4, 0.5) is 5.69 Å². The Bertz CT molecular complexity index is 739. The lowest BCUT2D eigenvalue weighted by Gasteiger charge is -2.31. The molecular weight excluding hydrogens is 294 g/mol. The molecule has 1 aliphatic heterocycles. The highest BCUT2D eigenvalue weighted by Crippen LogP contribution is 2.33. The van der Waals surface area contributed by atoms with E-state index in [1.54, 1.807) is 43.3 Å². The van der Waals surface area contributed by atoms with Gasteiger partial charge in [0, 0.05) is 11.3 Å².